The van der Waals surface area contributed by atoms with E-state index in [1.807, 2.05) is 0 Å². The van der Waals surface area contributed by atoms with Gasteiger partial charge in [-0.15, -0.1) is 0 Å². The van der Waals surface area contributed by atoms with E-state index in [0.717, 1.165) is 62.6 Å². The van der Waals surface area contributed by atoms with Crippen molar-refractivity contribution < 1.29 is 14.0 Å². The number of aldehydes is 1. The molecule has 1 amide bonds. The summed E-state index contributed by atoms with van der Waals surface area (Å²) in [4.78, 5) is 34.4. The third kappa shape index (κ3) is 4.89. The lowest BCUT2D eigenvalue weighted by Crippen LogP contribution is -2.29. The predicted molar refractivity (Wildman–Crippen MR) is 129 cm³/mol. The van der Waals surface area contributed by atoms with Crippen molar-refractivity contribution in [3.05, 3.63) is 65.0 Å². The fraction of sp³-hybridized carbons (Fsp3) is 0.444. The summed E-state index contributed by atoms with van der Waals surface area (Å²) in [6, 6.07) is 12.1. The number of imidazole rings is 1. The Morgan fingerprint density at radius 2 is 1.76 bits per heavy atom. The van der Waals surface area contributed by atoms with Gasteiger partial charge in [0.1, 0.15) is 12.1 Å². The summed E-state index contributed by atoms with van der Waals surface area (Å²) in [7, 11) is 0. The van der Waals surface area contributed by atoms with Crippen LogP contribution < -0.4 is 5.62 Å². The summed E-state index contributed by atoms with van der Waals surface area (Å²) >= 11 is 0. The molecule has 1 N–H and O–H groups in total. The number of halogens is 1. The lowest BCUT2D eigenvalue weighted by atomic mass is 9.87. The molecule has 5 rings (SSSR count). The van der Waals surface area contributed by atoms with E-state index in [2.05, 4.69) is 37.6 Å². The second kappa shape index (κ2) is 10.1. The van der Waals surface area contributed by atoms with Crippen molar-refractivity contribution >= 4 is 23.2 Å². The van der Waals surface area contributed by atoms with Crippen LogP contribution in [-0.4, -0.2) is 39.7 Å². The number of carbonyl (C=O) groups is 2. The number of aromatic amines is 1. The van der Waals surface area contributed by atoms with Crippen LogP contribution in [0.25, 0.3) is 11.0 Å². The van der Waals surface area contributed by atoms with Crippen molar-refractivity contribution in [3.8, 4) is 0 Å². The molecule has 3 aromatic rings. The third-order valence-corrected chi connectivity index (χ3v) is 7.25. The SMILES string of the molecule is O=C[C@H]1CC[C@@H](n2/c(=N/C(=O)c3ccc(F)cc3)[nH]c3ccc(CN4CCCCC4)cc32)CC1. The zero-order valence-corrected chi connectivity index (χ0v) is 19.4. The minimum atomic E-state index is -0.407. The number of nitrogens with zero attached hydrogens (tertiary/aromatic N) is 3. The molecule has 6 nitrogen and oxygen atoms in total. The summed E-state index contributed by atoms with van der Waals surface area (Å²) < 4.78 is 15.5. The zero-order chi connectivity index (χ0) is 23.5. The maximum absolute atomic E-state index is 13.3. The van der Waals surface area contributed by atoms with Gasteiger partial charge in [-0.3, -0.25) is 9.69 Å². The van der Waals surface area contributed by atoms with Crippen LogP contribution in [-0.2, 0) is 11.3 Å². The van der Waals surface area contributed by atoms with Gasteiger partial charge in [0.2, 0.25) is 5.62 Å². The molecule has 1 aliphatic carbocycles. The molecule has 0 atom stereocenters. The lowest BCUT2D eigenvalue weighted by molar-refractivity contribution is -0.112. The lowest BCUT2D eigenvalue weighted by Gasteiger charge is -2.28. The highest BCUT2D eigenvalue weighted by Crippen LogP contribution is 2.32. The fourth-order valence-electron chi connectivity index (χ4n) is 5.35. The molecule has 0 unspecified atom stereocenters. The van der Waals surface area contributed by atoms with Gasteiger partial charge in [0.25, 0.3) is 5.91 Å². The second-order valence-corrected chi connectivity index (χ2v) is 9.64. The Labute approximate surface area is 198 Å². The van der Waals surface area contributed by atoms with Gasteiger partial charge in [0, 0.05) is 24.1 Å². The van der Waals surface area contributed by atoms with Gasteiger partial charge in [-0.1, -0.05) is 12.5 Å². The Morgan fingerprint density at radius 1 is 1.03 bits per heavy atom. The molecule has 1 aromatic heterocycles. The molecule has 178 valence electrons. The Morgan fingerprint density at radius 3 is 2.47 bits per heavy atom. The van der Waals surface area contributed by atoms with Crippen molar-refractivity contribution in [3.63, 3.8) is 0 Å². The van der Waals surface area contributed by atoms with Gasteiger partial charge in [0.15, 0.2) is 0 Å². The number of hydrogen-bond acceptors (Lipinski definition) is 3. The van der Waals surface area contributed by atoms with Gasteiger partial charge >= 0.3 is 0 Å². The summed E-state index contributed by atoms with van der Waals surface area (Å²) in [5.41, 5.74) is 4.08. The van der Waals surface area contributed by atoms with Crippen LogP contribution in [0.5, 0.6) is 0 Å². The van der Waals surface area contributed by atoms with E-state index < -0.39 is 5.91 Å². The molecule has 34 heavy (non-hydrogen) atoms. The van der Waals surface area contributed by atoms with Crippen molar-refractivity contribution in [1.82, 2.24) is 14.5 Å². The number of benzene rings is 2. The number of carbonyl (C=O) groups excluding carboxylic acids is 2. The van der Waals surface area contributed by atoms with E-state index in [0.29, 0.717) is 11.2 Å². The van der Waals surface area contributed by atoms with Gasteiger partial charge in [-0.25, -0.2) is 4.39 Å². The molecule has 7 heteroatoms. The molecule has 2 heterocycles. The Balaban J connectivity index is 1.54. The first-order chi connectivity index (χ1) is 16.6. The molecular formula is C27H31FN4O2. The number of fused-ring (bicyclic) bond motifs is 1. The third-order valence-electron chi connectivity index (χ3n) is 7.25. The van der Waals surface area contributed by atoms with Crippen LogP contribution in [0.3, 0.4) is 0 Å². The molecule has 2 aliphatic rings. The van der Waals surface area contributed by atoms with E-state index in [-0.39, 0.29) is 17.8 Å². The number of amides is 1. The number of likely N-dealkylation sites (tertiary alicyclic amines) is 1. The largest absolute Gasteiger partial charge is 0.324 e. The van der Waals surface area contributed by atoms with E-state index in [1.165, 1.54) is 49.1 Å². The molecule has 1 saturated heterocycles. The first-order valence-electron chi connectivity index (χ1n) is 12.4. The van der Waals surface area contributed by atoms with Crippen molar-refractivity contribution in [1.29, 1.82) is 0 Å². The highest BCUT2D eigenvalue weighted by molar-refractivity contribution is 5.94. The first-order valence-corrected chi connectivity index (χ1v) is 12.4. The van der Waals surface area contributed by atoms with Crippen molar-refractivity contribution in [2.24, 2.45) is 10.9 Å². The van der Waals surface area contributed by atoms with Crippen LogP contribution in [0, 0.1) is 11.7 Å². The van der Waals surface area contributed by atoms with E-state index >= 15 is 0 Å². The monoisotopic (exact) mass is 462 g/mol. The molecule has 0 spiro atoms. The zero-order valence-electron chi connectivity index (χ0n) is 19.4. The first kappa shape index (κ1) is 22.7. The highest BCUT2D eigenvalue weighted by Gasteiger charge is 2.25. The molecule has 1 saturated carbocycles. The summed E-state index contributed by atoms with van der Waals surface area (Å²) in [5.74, 6) is -0.682. The highest BCUT2D eigenvalue weighted by atomic mass is 19.1. The Hall–Kier alpha value is -3.06. The number of hydrogen-bond donors (Lipinski definition) is 1. The Bertz CT molecular complexity index is 1230. The van der Waals surface area contributed by atoms with Crippen LogP contribution in [0.1, 0.15) is 66.9 Å². The Kier molecular flexibility index (Phi) is 6.72. The maximum Gasteiger partial charge on any atom is 0.280 e. The number of aromatic nitrogens is 2. The number of H-pyrrole nitrogens is 1. The molecule has 1 aliphatic heterocycles. The topological polar surface area (TPSA) is 70.5 Å². The number of piperidine rings is 1. The van der Waals surface area contributed by atoms with Crippen molar-refractivity contribution in [2.45, 2.75) is 57.5 Å². The second-order valence-electron chi connectivity index (χ2n) is 9.64. The average molecular weight is 463 g/mol. The van der Waals surface area contributed by atoms with Gasteiger partial charge in [-0.2, -0.15) is 4.99 Å². The molecule has 2 fully saturated rings. The van der Waals surface area contributed by atoms with Gasteiger partial charge in [0.05, 0.1) is 11.0 Å². The molecule has 0 bridgehead atoms. The standard InChI is InChI=1S/C27H31FN4O2/c28-22-9-7-21(8-10-22)26(34)30-27-29-24-13-6-20(17-31-14-2-1-3-15-31)16-25(24)32(27)23-11-4-19(18-33)5-12-23/h6-10,13,16,18-19,23H,1-5,11-12,14-15,17H2,(H,29,30,34)/t19-,23+. The van der Waals surface area contributed by atoms with Gasteiger partial charge in [-0.05, 0) is 93.6 Å². The van der Waals surface area contributed by atoms with E-state index in [4.69, 9.17) is 0 Å². The molecular weight excluding hydrogens is 431 g/mol. The van der Waals surface area contributed by atoms with Crippen LogP contribution >= 0.6 is 0 Å². The maximum atomic E-state index is 13.3. The minimum absolute atomic E-state index is 0.109. The molecule has 0 radical (unpaired) electrons. The number of nitrogens with one attached hydrogen (secondary N) is 1. The quantitative estimate of drug-likeness (QED) is 0.556. The van der Waals surface area contributed by atoms with Gasteiger partial charge < -0.3 is 14.3 Å². The summed E-state index contributed by atoms with van der Waals surface area (Å²) in [5, 5.41) is 0. The summed E-state index contributed by atoms with van der Waals surface area (Å²) in [6.07, 6.45) is 8.29. The number of rotatable bonds is 5. The predicted octanol–water partition coefficient (Wildman–Crippen LogP) is 4.77. The average Bonchev–Trinajstić information content (AvgIpc) is 3.22. The minimum Gasteiger partial charge on any atom is -0.324 e. The van der Waals surface area contributed by atoms with E-state index in [9.17, 15) is 14.0 Å². The smallest absolute Gasteiger partial charge is 0.280 e. The van der Waals surface area contributed by atoms with Crippen LogP contribution in [0.4, 0.5) is 4.39 Å². The van der Waals surface area contributed by atoms with Crippen LogP contribution in [0.2, 0.25) is 0 Å². The molecule has 2 aromatic carbocycles. The van der Waals surface area contributed by atoms with Crippen LogP contribution in [0.15, 0.2) is 47.5 Å². The van der Waals surface area contributed by atoms with Crippen molar-refractivity contribution in [2.75, 3.05) is 13.1 Å². The fourth-order valence-corrected chi connectivity index (χ4v) is 5.35. The summed E-state index contributed by atoms with van der Waals surface area (Å²) in [6.45, 7) is 3.18. The van der Waals surface area contributed by atoms with E-state index in [1.54, 1.807) is 0 Å². The normalized spacial score (nSPS) is 22.2.